The molecule has 1 fully saturated rings. The van der Waals surface area contributed by atoms with Gasteiger partial charge < -0.3 is 25.4 Å². The van der Waals surface area contributed by atoms with E-state index in [0.717, 1.165) is 22.2 Å². The highest BCUT2D eigenvalue weighted by Gasteiger charge is 2.33. The van der Waals surface area contributed by atoms with E-state index in [2.05, 4.69) is 21.4 Å². The monoisotopic (exact) mass is 694 g/mol. The number of esters is 1. The number of Topliss-reactive ketones (excluding diaryl/α,β-unsaturated/α-hetero) is 1. The first-order valence-corrected chi connectivity index (χ1v) is 17.1. The van der Waals surface area contributed by atoms with Crippen molar-refractivity contribution in [2.75, 3.05) is 20.2 Å². The highest BCUT2D eigenvalue weighted by Crippen LogP contribution is 2.23. The summed E-state index contributed by atoms with van der Waals surface area (Å²) in [4.78, 5) is 68.8. The van der Waals surface area contributed by atoms with E-state index in [4.69, 9.17) is 14.5 Å². The molecule has 4 atom stereocenters. The van der Waals surface area contributed by atoms with E-state index >= 15 is 0 Å². The Labute approximate surface area is 295 Å². The van der Waals surface area contributed by atoms with Gasteiger partial charge >= 0.3 is 12.1 Å². The first-order valence-electron chi connectivity index (χ1n) is 17.1. The molecule has 0 radical (unpaired) electrons. The van der Waals surface area contributed by atoms with E-state index in [1.807, 2.05) is 43.3 Å². The number of nitrogens with one attached hydrogen (secondary N) is 4. The number of nitrogens with zero attached hydrogens (tertiary/aromatic N) is 2. The number of rotatable bonds is 13. The molecule has 2 heterocycles. The van der Waals surface area contributed by atoms with Gasteiger partial charge in [0.25, 0.3) is 5.91 Å². The van der Waals surface area contributed by atoms with E-state index in [0.29, 0.717) is 19.4 Å². The first-order chi connectivity index (χ1) is 23.3. The molecule has 0 unspecified atom stereocenters. The molecule has 1 aliphatic rings. The van der Waals surface area contributed by atoms with E-state index in [1.54, 1.807) is 61.5 Å². The smallest absolute Gasteiger partial charge is 0.408 e. The van der Waals surface area contributed by atoms with Crippen LogP contribution in [0.2, 0.25) is 0 Å². The number of pyridine rings is 1. The number of amides is 3. The molecule has 13 nitrogen and oxygen atoms in total. The molecule has 13 heteroatoms. The van der Waals surface area contributed by atoms with Crippen LogP contribution in [0.3, 0.4) is 0 Å². The Hall–Kier alpha value is -4.36. The van der Waals surface area contributed by atoms with Crippen LogP contribution in [0, 0.1) is 11.3 Å². The summed E-state index contributed by atoms with van der Waals surface area (Å²) in [6.07, 6.45) is 4.13. The van der Waals surface area contributed by atoms with Crippen LogP contribution in [-0.4, -0.2) is 83.6 Å². The SMILES string of the molecule is COC(=O)C(C)(C)/C=C/c1ccc2ccc([C@@H](C)NCC(=O)[C@@H]3CCCN(C(=O)[C@H](C)NC(=O)[C@@H](NC(=O)OC(C)(C)C)C(C)C)N3)nc2c1. The number of alkyl carbamates (subject to hydrolysis) is 1. The van der Waals surface area contributed by atoms with Crippen molar-refractivity contribution in [3.8, 4) is 0 Å². The number of ketones is 1. The second-order valence-corrected chi connectivity index (χ2v) is 14.7. The fraction of sp³-hybridized carbons (Fsp3) is 0.568. The maximum Gasteiger partial charge on any atom is 0.408 e. The lowest BCUT2D eigenvalue weighted by atomic mass is 9.92. The summed E-state index contributed by atoms with van der Waals surface area (Å²) in [5.74, 6) is -1.58. The summed E-state index contributed by atoms with van der Waals surface area (Å²) in [6.45, 7) is 16.3. The molecule has 4 N–H and O–H groups in total. The summed E-state index contributed by atoms with van der Waals surface area (Å²) < 4.78 is 10.2. The number of methoxy groups -OCH3 is 1. The van der Waals surface area contributed by atoms with Crippen LogP contribution in [-0.2, 0) is 28.7 Å². The molecule has 3 amide bonds. The molecular weight excluding hydrogens is 640 g/mol. The van der Waals surface area contributed by atoms with Crippen molar-refractivity contribution in [2.24, 2.45) is 11.3 Å². The number of hydrogen-bond donors (Lipinski definition) is 4. The van der Waals surface area contributed by atoms with Crippen molar-refractivity contribution in [1.29, 1.82) is 0 Å². The quantitative estimate of drug-likeness (QED) is 0.223. The summed E-state index contributed by atoms with van der Waals surface area (Å²) in [5, 5.41) is 10.9. The Morgan fingerprint density at radius 3 is 2.34 bits per heavy atom. The van der Waals surface area contributed by atoms with Gasteiger partial charge in [-0.15, -0.1) is 0 Å². The number of carbonyl (C=O) groups excluding carboxylic acids is 5. The zero-order chi connectivity index (χ0) is 37.4. The third-order valence-electron chi connectivity index (χ3n) is 8.36. The van der Waals surface area contributed by atoms with Crippen molar-refractivity contribution in [3.63, 3.8) is 0 Å². The standard InChI is InChI=1S/C37H54N6O7/c1-22(2)31(41-35(48)50-36(5,6)7)32(45)39-24(4)33(46)43-19-11-12-28(42-43)30(44)21-38-23(3)27-16-15-26-14-13-25(20-29(26)40-27)17-18-37(8,9)34(47)49-10/h13-18,20,22-24,28,31,38,42H,11-12,19,21H2,1-10H3,(H,39,45)(H,41,48)/b18-17+/t23-,24+,28+,31+/m1/s1. The van der Waals surface area contributed by atoms with Gasteiger partial charge in [-0.05, 0) is 84.9 Å². The fourth-order valence-electron chi connectivity index (χ4n) is 5.36. The largest absolute Gasteiger partial charge is 0.468 e. The zero-order valence-electron chi connectivity index (χ0n) is 31.0. The Kier molecular flexibility index (Phi) is 13.7. The summed E-state index contributed by atoms with van der Waals surface area (Å²) in [7, 11) is 1.37. The molecule has 2 aromatic rings. The second kappa shape index (κ2) is 17.0. The van der Waals surface area contributed by atoms with Gasteiger partial charge in [0.1, 0.15) is 17.7 Å². The van der Waals surface area contributed by atoms with Crippen LogP contribution in [0.15, 0.2) is 36.4 Å². The molecule has 0 saturated carbocycles. The van der Waals surface area contributed by atoms with Crippen molar-refractivity contribution < 1.29 is 33.4 Å². The van der Waals surface area contributed by atoms with Gasteiger partial charge in [0, 0.05) is 18.0 Å². The number of aromatic nitrogens is 1. The lowest BCUT2D eigenvalue weighted by Gasteiger charge is -2.35. The Morgan fingerprint density at radius 2 is 1.70 bits per heavy atom. The van der Waals surface area contributed by atoms with Gasteiger partial charge in [-0.2, -0.15) is 0 Å². The molecular formula is C37H54N6O7. The normalized spacial score (nSPS) is 17.3. The number of benzene rings is 1. The van der Waals surface area contributed by atoms with Crippen LogP contribution >= 0.6 is 0 Å². The minimum atomic E-state index is -0.905. The van der Waals surface area contributed by atoms with Gasteiger partial charge in [0.05, 0.1) is 36.3 Å². The number of carbonyl (C=O) groups is 5. The minimum Gasteiger partial charge on any atom is -0.468 e. The Bertz CT molecular complexity index is 1580. The molecule has 3 rings (SSSR count). The number of hydrazine groups is 1. The zero-order valence-corrected chi connectivity index (χ0v) is 31.0. The van der Waals surface area contributed by atoms with Crippen LogP contribution < -0.4 is 21.4 Å². The van der Waals surface area contributed by atoms with Crippen molar-refractivity contribution >= 4 is 46.6 Å². The third-order valence-corrected chi connectivity index (χ3v) is 8.36. The molecule has 0 bridgehead atoms. The van der Waals surface area contributed by atoms with Crippen molar-refractivity contribution in [2.45, 2.75) is 105 Å². The highest BCUT2D eigenvalue weighted by atomic mass is 16.6. The number of ether oxygens (including phenoxy) is 2. The van der Waals surface area contributed by atoms with Gasteiger partial charge in [0.2, 0.25) is 5.91 Å². The van der Waals surface area contributed by atoms with Crippen molar-refractivity contribution in [1.82, 2.24) is 31.4 Å². The highest BCUT2D eigenvalue weighted by molar-refractivity contribution is 5.92. The first kappa shape index (κ1) is 40.1. The van der Waals surface area contributed by atoms with Gasteiger partial charge in [-0.1, -0.05) is 44.2 Å². The molecule has 1 saturated heterocycles. The van der Waals surface area contributed by atoms with E-state index in [9.17, 15) is 24.0 Å². The molecule has 1 aromatic carbocycles. The average molecular weight is 695 g/mol. The van der Waals surface area contributed by atoms with Gasteiger partial charge in [-0.25, -0.2) is 10.2 Å². The second-order valence-electron chi connectivity index (χ2n) is 14.7. The van der Waals surface area contributed by atoms with E-state index in [-0.39, 0.29) is 36.2 Å². The maximum atomic E-state index is 13.3. The predicted molar refractivity (Wildman–Crippen MR) is 191 cm³/mol. The van der Waals surface area contributed by atoms with Gasteiger partial charge in [-0.3, -0.25) is 29.2 Å². The van der Waals surface area contributed by atoms with E-state index < -0.39 is 41.1 Å². The number of fused-ring (bicyclic) bond motifs is 1. The van der Waals surface area contributed by atoms with Crippen molar-refractivity contribution in [3.05, 3.63) is 47.7 Å². The topological polar surface area (TPSA) is 168 Å². The molecule has 1 aliphatic heterocycles. The molecule has 274 valence electrons. The molecule has 50 heavy (non-hydrogen) atoms. The van der Waals surface area contributed by atoms with Gasteiger partial charge in [0.15, 0.2) is 5.78 Å². The molecule has 0 aliphatic carbocycles. The lowest BCUT2D eigenvalue weighted by Crippen LogP contribution is -2.61. The lowest BCUT2D eigenvalue weighted by molar-refractivity contribution is -0.148. The molecule has 0 spiro atoms. The Morgan fingerprint density at radius 1 is 1.02 bits per heavy atom. The molecule has 1 aromatic heterocycles. The maximum absolute atomic E-state index is 13.3. The fourth-order valence-corrected chi connectivity index (χ4v) is 5.36. The van der Waals surface area contributed by atoms with E-state index in [1.165, 1.54) is 12.1 Å². The average Bonchev–Trinajstić information content (AvgIpc) is 3.06. The number of hydrogen-bond acceptors (Lipinski definition) is 10. The summed E-state index contributed by atoms with van der Waals surface area (Å²) >= 11 is 0. The summed E-state index contributed by atoms with van der Waals surface area (Å²) in [5.41, 5.74) is 3.99. The van der Waals surface area contributed by atoms with Crippen LogP contribution in [0.5, 0.6) is 0 Å². The summed E-state index contributed by atoms with van der Waals surface area (Å²) in [6, 6.07) is 7.14. The Balaban J connectivity index is 1.57. The predicted octanol–water partition coefficient (Wildman–Crippen LogP) is 4.22. The van der Waals surface area contributed by atoms with Crippen LogP contribution in [0.4, 0.5) is 4.79 Å². The third kappa shape index (κ3) is 11.3. The van der Waals surface area contributed by atoms with Crippen LogP contribution in [0.1, 0.15) is 92.5 Å². The minimum absolute atomic E-state index is 0.0602. The van der Waals surface area contributed by atoms with Crippen LogP contribution in [0.25, 0.3) is 17.0 Å².